The summed E-state index contributed by atoms with van der Waals surface area (Å²) in [7, 11) is 0. The maximum Gasteiger partial charge on any atom is 0.0495 e. The van der Waals surface area contributed by atoms with Crippen LogP contribution in [0.2, 0.25) is 0 Å². The van der Waals surface area contributed by atoms with Crippen molar-refractivity contribution in [1.29, 1.82) is 0 Å². The third-order valence-corrected chi connectivity index (χ3v) is 1.19. The van der Waals surface area contributed by atoms with Gasteiger partial charge in [0.05, 0.1) is 0 Å². The molecule has 0 N–H and O–H groups in total. The first-order valence-electron chi connectivity index (χ1n) is 2.51. The topological polar surface area (TPSA) is 0 Å². The Kier molecular flexibility index (Phi) is 5.32. The first-order chi connectivity index (χ1) is 4.31. The van der Waals surface area contributed by atoms with E-state index < -0.39 is 0 Å². The highest BCUT2D eigenvalue weighted by molar-refractivity contribution is 7.94. The summed E-state index contributed by atoms with van der Waals surface area (Å²) in [5, 5.41) is 0. The molecule has 9 heavy (non-hydrogen) atoms. The van der Waals surface area contributed by atoms with Gasteiger partial charge < -0.3 is 0 Å². The summed E-state index contributed by atoms with van der Waals surface area (Å²) in [6.45, 7) is 7.05. The Morgan fingerprint density at radius 2 is 2.33 bits per heavy atom. The van der Waals surface area contributed by atoms with Crippen LogP contribution in [0.1, 0.15) is 0 Å². The first-order valence-corrected chi connectivity index (χ1v) is 3.40. The smallest absolute Gasteiger partial charge is 0.0495 e. The Morgan fingerprint density at radius 1 is 1.67 bits per heavy atom. The molecule has 0 radical (unpaired) electrons. The van der Waals surface area contributed by atoms with Crippen LogP contribution in [-0.2, 0) is 0 Å². The van der Waals surface area contributed by atoms with Crippen molar-refractivity contribution in [3.63, 3.8) is 0 Å². The van der Waals surface area contributed by atoms with Gasteiger partial charge in [0.25, 0.3) is 0 Å². The van der Waals surface area contributed by atoms with Crippen molar-refractivity contribution in [2.75, 3.05) is 5.75 Å². The van der Waals surface area contributed by atoms with Crippen LogP contribution in [0, 0.1) is 0 Å². The van der Waals surface area contributed by atoms with Crippen molar-refractivity contribution in [1.82, 2.24) is 0 Å². The fourth-order valence-corrected chi connectivity index (χ4v) is 0.559. The molecule has 2 heteroatoms. The molecular formula is C7H9FS. The molecule has 0 saturated carbocycles. The summed E-state index contributed by atoms with van der Waals surface area (Å²) in [6, 6.07) is 0. The average Bonchev–Trinajstić information content (AvgIpc) is 1.85. The first kappa shape index (κ1) is 8.50. The SMILES string of the molecule is C=C/C=C\C(=C)CSF. The van der Waals surface area contributed by atoms with E-state index in [1.165, 1.54) is 0 Å². The lowest BCUT2D eigenvalue weighted by Crippen LogP contribution is -1.74. The molecule has 0 aliphatic carbocycles. The highest BCUT2D eigenvalue weighted by atomic mass is 32.2. The van der Waals surface area contributed by atoms with Crippen LogP contribution in [0.4, 0.5) is 3.89 Å². The Hall–Kier alpha value is -0.500. The largest absolute Gasteiger partial charge is 0.165 e. The number of hydrogen-bond donors (Lipinski definition) is 0. The molecule has 0 aromatic carbocycles. The van der Waals surface area contributed by atoms with Crippen molar-refractivity contribution >= 4 is 12.1 Å². The van der Waals surface area contributed by atoms with Gasteiger partial charge in [0, 0.05) is 17.9 Å². The van der Waals surface area contributed by atoms with Crippen LogP contribution < -0.4 is 0 Å². The third kappa shape index (κ3) is 5.37. The van der Waals surface area contributed by atoms with Crippen LogP contribution >= 0.6 is 12.1 Å². The zero-order valence-corrected chi connectivity index (χ0v) is 5.96. The lowest BCUT2D eigenvalue weighted by Gasteiger charge is -1.88. The summed E-state index contributed by atoms with van der Waals surface area (Å²) < 4.78 is 11.5. The lowest BCUT2D eigenvalue weighted by atomic mass is 10.3. The van der Waals surface area contributed by atoms with Gasteiger partial charge in [-0.3, -0.25) is 0 Å². The summed E-state index contributed by atoms with van der Waals surface area (Å²) >= 11 is 0.275. The lowest BCUT2D eigenvalue weighted by molar-refractivity contribution is 0.938. The minimum Gasteiger partial charge on any atom is -0.165 e. The molecular weight excluding hydrogens is 135 g/mol. The maximum atomic E-state index is 11.5. The summed E-state index contributed by atoms with van der Waals surface area (Å²) in [5.74, 6) is 0.338. The number of allylic oxidation sites excluding steroid dienone is 3. The maximum absolute atomic E-state index is 11.5. The molecule has 0 aromatic heterocycles. The Morgan fingerprint density at radius 3 is 2.78 bits per heavy atom. The molecule has 0 unspecified atom stereocenters. The standard InChI is InChI=1S/C7H9FS/c1-3-4-5-7(2)6-9-8/h3-5H,1-2,6H2/b5-4-. The summed E-state index contributed by atoms with van der Waals surface area (Å²) in [5.41, 5.74) is 0.766. The second-order valence-corrected chi connectivity index (χ2v) is 2.01. The van der Waals surface area contributed by atoms with Gasteiger partial charge in [-0.05, 0) is 5.57 Å². The van der Waals surface area contributed by atoms with E-state index in [-0.39, 0.29) is 12.1 Å². The summed E-state index contributed by atoms with van der Waals surface area (Å²) in [4.78, 5) is 0. The van der Waals surface area contributed by atoms with Gasteiger partial charge in [-0.15, -0.1) is 0 Å². The van der Waals surface area contributed by atoms with E-state index in [0.717, 1.165) is 5.57 Å². The van der Waals surface area contributed by atoms with E-state index in [2.05, 4.69) is 13.2 Å². The van der Waals surface area contributed by atoms with E-state index in [0.29, 0.717) is 5.75 Å². The predicted octanol–water partition coefficient (Wildman–Crippen LogP) is 2.90. The Labute approximate surface area is 59.4 Å². The van der Waals surface area contributed by atoms with Gasteiger partial charge in [-0.25, -0.2) is 0 Å². The van der Waals surface area contributed by atoms with Gasteiger partial charge in [0.1, 0.15) is 0 Å². The monoisotopic (exact) mass is 144 g/mol. The molecule has 0 aliphatic heterocycles. The predicted molar refractivity (Wildman–Crippen MR) is 42.0 cm³/mol. The Bertz CT molecular complexity index is 127. The molecule has 0 heterocycles. The van der Waals surface area contributed by atoms with Crippen molar-refractivity contribution in [3.8, 4) is 0 Å². The van der Waals surface area contributed by atoms with E-state index in [4.69, 9.17) is 0 Å². The fourth-order valence-electron chi connectivity index (χ4n) is 0.322. The molecule has 0 saturated heterocycles. The van der Waals surface area contributed by atoms with E-state index in [1.54, 1.807) is 18.2 Å². The Balaban J connectivity index is 3.49. The third-order valence-electron chi connectivity index (χ3n) is 0.708. The summed E-state index contributed by atoms with van der Waals surface area (Å²) in [6.07, 6.45) is 5.10. The fraction of sp³-hybridized carbons (Fsp3) is 0.143. The van der Waals surface area contributed by atoms with Gasteiger partial charge in [0.15, 0.2) is 0 Å². The molecule has 0 fully saturated rings. The zero-order valence-electron chi connectivity index (χ0n) is 5.14. The molecule has 0 rings (SSSR count). The number of rotatable bonds is 4. The van der Waals surface area contributed by atoms with Gasteiger partial charge >= 0.3 is 0 Å². The molecule has 0 bridgehead atoms. The van der Waals surface area contributed by atoms with Crippen molar-refractivity contribution in [2.45, 2.75) is 0 Å². The highest BCUT2D eigenvalue weighted by Crippen LogP contribution is 2.06. The quantitative estimate of drug-likeness (QED) is 0.547. The minimum atomic E-state index is 0.275. The van der Waals surface area contributed by atoms with Gasteiger partial charge in [0.2, 0.25) is 0 Å². The van der Waals surface area contributed by atoms with Gasteiger partial charge in [-0.2, -0.15) is 3.89 Å². The van der Waals surface area contributed by atoms with E-state index >= 15 is 0 Å². The van der Waals surface area contributed by atoms with Crippen molar-refractivity contribution in [3.05, 3.63) is 37.0 Å². The van der Waals surface area contributed by atoms with Crippen LogP contribution in [0.15, 0.2) is 37.0 Å². The van der Waals surface area contributed by atoms with E-state index in [1.807, 2.05) is 0 Å². The second kappa shape index (κ2) is 5.63. The van der Waals surface area contributed by atoms with Crippen molar-refractivity contribution < 1.29 is 3.89 Å². The molecule has 0 spiro atoms. The normalized spacial score (nSPS) is 9.89. The average molecular weight is 144 g/mol. The van der Waals surface area contributed by atoms with Crippen LogP contribution in [0.25, 0.3) is 0 Å². The second-order valence-electron chi connectivity index (χ2n) is 1.51. The van der Waals surface area contributed by atoms with Crippen LogP contribution in [0.3, 0.4) is 0 Å². The van der Waals surface area contributed by atoms with E-state index in [9.17, 15) is 3.89 Å². The van der Waals surface area contributed by atoms with Gasteiger partial charge in [-0.1, -0.05) is 31.4 Å². The van der Waals surface area contributed by atoms with Crippen LogP contribution in [-0.4, -0.2) is 5.75 Å². The zero-order chi connectivity index (χ0) is 7.11. The highest BCUT2D eigenvalue weighted by Gasteiger charge is 1.85. The molecule has 50 valence electrons. The number of hydrogen-bond acceptors (Lipinski definition) is 1. The minimum absolute atomic E-state index is 0.275. The molecule has 0 nitrogen and oxygen atoms in total. The molecule has 0 aliphatic rings. The van der Waals surface area contributed by atoms with Crippen molar-refractivity contribution in [2.24, 2.45) is 0 Å². The number of halogens is 1. The molecule has 0 amide bonds. The molecule has 0 atom stereocenters. The van der Waals surface area contributed by atoms with Crippen LogP contribution in [0.5, 0.6) is 0 Å². The molecule has 0 aromatic rings.